The van der Waals surface area contributed by atoms with Crippen molar-refractivity contribution in [1.29, 1.82) is 0 Å². The van der Waals surface area contributed by atoms with Crippen molar-refractivity contribution < 1.29 is 14.7 Å². The Bertz CT molecular complexity index is 397. The molecule has 0 saturated heterocycles. The molecule has 72 valence electrons. The molecule has 3 heteroatoms. The minimum Gasteiger partial charge on any atom is -0.374 e. The van der Waals surface area contributed by atoms with Crippen LogP contribution in [0.5, 0.6) is 0 Å². The molecule has 0 saturated carbocycles. The third-order valence-corrected chi connectivity index (χ3v) is 2.63. The first-order valence-electron chi connectivity index (χ1n) is 4.49. The van der Waals surface area contributed by atoms with Gasteiger partial charge in [0, 0.05) is 5.56 Å². The zero-order chi connectivity index (χ0) is 10.2. The lowest BCUT2D eigenvalue weighted by Crippen LogP contribution is -2.44. The molecule has 1 aliphatic carbocycles. The molecule has 0 aliphatic heterocycles. The Morgan fingerprint density at radius 2 is 2.07 bits per heavy atom. The molecule has 1 aromatic rings. The van der Waals surface area contributed by atoms with E-state index >= 15 is 0 Å². The summed E-state index contributed by atoms with van der Waals surface area (Å²) >= 11 is 0. The Kier molecular flexibility index (Phi) is 1.97. The molecule has 0 bridgehead atoms. The molecule has 1 aromatic carbocycles. The lowest BCUT2D eigenvalue weighted by atomic mass is 9.80. The van der Waals surface area contributed by atoms with Gasteiger partial charge in [0.05, 0.1) is 0 Å². The molecular formula is C11H10O3. The van der Waals surface area contributed by atoms with Crippen LogP contribution in [0, 0.1) is 0 Å². The van der Waals surface area contributed by atoms with Crippen molar-refractivity contribution >= 4 is 12.1 Å². The number of ketones is 1. The minimum absolute atomic E-state index is 0.187. The number of hydrogen-bond donors (Lipinski definition) is 1. The maximum atomic E-state index is 11.7. The average molecular weight is 190 g/mol. The van der Waals surface area contributed by atoms with Gasteiger partial charge in [0.25, 0.3) is 0 Å². The molecule has 2 rings (SSSR count). The molecule has 1 unspecified atom stereocenters. The van der Waals surface area contributed by atoms with Gasteiger partial charge in [0.15, 0.2) is 11.9 Å². The third kappa shape index (κ3) is 1.17. The zero-order valence-electron chi connectivity index (χ0n) is 7.56. The summed E-state index contributed by atoms with van der Waals surface area (Å²) < 4.78 is 0. The molecule has 0 aromatic heterocycles. The van der Waals surface area contributed by atoms with E-state index in [0.717, 1.165) is 5.56 Å². The SMILES string of the molecule is O=CC1(O)CCc2ccccc2C1=O. The van der Waals surface area contributed by atoms with Gasteiger partial charge >= 0.3 is 0 Å². The van der Waals surface area contributed by atoms with Gasteiger partial charge in [-0.2, -0.15) is 0 Å². The maximum Gasteiger partial charge on any atom is 0.201 e. The van der Waals surface area contributed by atoms with Gasteiger partial charge in [0.2, 0.25) is 5.78 Å². The van der Waals surface area contributed by atoms with Gasteiger partial charge in [-0.15, -0.1) is 0 Å². The highest BCUT2D eigenvalue weighted by molar-refractivity contribution is 6.13. The van der Waals surface area contributed by atoms with Crippen molar-refractivity contribution in [3.63, 3.8) is 0 Å². The van der Waals surface area contributed by atoms with E-state index in [0.29, 0.717) is 18.3 Å². The van der Waals surface area contributed by atoms with Gasteiger partial charge in [-0.3, -0.25) is 9.59 Å². The minimum atomic E-state index is -1.80. The monoisotopic (exact) mass is 190 g/mol. The van der Waals surface area contributed by atoms with Gasteiger partial charge in [-0.05, 0) is 18.4 Å². The van der Waals surface area contributed by atoms with Crippen LogP contribution < -0.4 is 0 Å². The Morgan fingerprint density at radius 1 is 1.36 bits per heavy atom. The molecule has 14 heavy (non-hydrogen) atoms. The molecule has 0 fully saturated rings. The van der Waals surface area contributed by atoms with Gasteiger partial charge in [0.1, 0.15) is 0 Å². The Labute approximate surface area is 81.4 Å². The summed E-state index contributed by atoms with van der Waals surface area (Å²) in [5.41, 5.74) is -0.425. The van der Waals surface area contributed by atoms with Crippen LogP contribution in [0.1, 0.15) is 22.3 Å². The summed E-state index contributed by atoms with van der Waals surface area (Å²) in [5.74, 6) is -0.477. The number of hydrogen-bond acceptors (Lipinski definition) is 3. The molecule has 0 radical (unpaired) electrons. The van der Waals surface area contributed by atoms with Crippen LogP contribution in [-0.2, 0) is 11.2 Å². The van der Waals surface area contributed by atoms with Crippen LogP contribution in [-0.4, -0.2) is 22.8 Å². The smallest absolute Gasteiger partial charge is 0.201 e. The molecule has 0 heterocycles. The lowest BCUT2D eigenvalue weighted by Gasteiger charge is -2.26. The highest BCUT2D eigenvalue weighted by Crippen LogP contribution is 2.27. The Hall–Kier alpha value is -1.48. The fourth-order valence-electron chi connectivity index (χ4n) is 1.74. The van der Waals surface area contributed by atoms with Gasteiger partial charge in [-0.1, -0.05) is 24.3 Å². The Balaban J connectivity index is 2.51. The van der Waals surface area contributed by atoms with Crippen LogP contribution in [0.4, 0.5) is 0 Å². The number of rotatable bonds is 1. The van der Waals surface area contributed by atoms with Crippen molar-refractivity contribution in [2.45, 2.75) is 18.4 Å². The summed E-state index contributed by atoms with van der Waals surface area (Å²) in [4.78, 5) is 22.3. The van der Waals surface area contributed by atoms with E-state index in [9.17, 15) is 14.7 Å². The summed E-state index contributed by atoms with van der Waals surface area (Å²) in [5, 5.41) is 9.68. The highest BCUT2D eigenvalue weighted by Gasteiger charge is 2.40. The number of carbonyl (C=O) groups is 2. The fraction of sp³-hybridized carbons (Fsp3) is 0.273. The van der Waals surface area contributed by atoms with Crippen LogP contribution >= 0.6 is 0 Å². The lowest BCUT2D eigenvalue weighted by molar-refractivity contribution is -0.120. The maximum absolute atomic E-state index is 11.7. The first-order valence-corrected chi connectivity index (χ1v) is 4.49. The molecule has 1 atom stereocenters. The second kappa shape index (κ2) is 3.03. The summed E-state index contributed by atoms with van der Waals surface area (Å²) in [6.45, 7) is 0. The zero-order valence-corrected chi connectivity index (χ0v) is 7.56. The molecular weight excluding hydrogens is 180 g/mol. The van der Waals surface area contributed by atoms with E-state index in [1.165, 1.54) is 0 Å². The van der Waals surface area contributed by atoms with Crippen molar-refractivity contribution in [2.75, 3.05) is 0 Å². The van der Waals surface area contributed by atoms with E-state index in [1.807, 2.05) is 12.1 Å². The first-order chi connectivity index (χ1) is 6.67. The standard InChI is InChI=1S/C11H10O3/c12-7-11(14)6-5-8-3-1-2-4-9(8)10(11)13/h1-4,7,14H,5-6H2. The molecule has 0 amide bonds. The van der Waals surface area contributed by atoms with Gasteiger partial charge < -0.3 is 5.11 Å². The quantitative estimate of drug-likeness (QED) is 0.525. The fourth-order valence-corrected chi connectivity index (χ4v) is 1.74. The third-order valence-electron chi connectivity index (χ3n) is 2.63. The number of Topliss-reactive ketones (excluding diaryl/α,β-unsaturated/α-hetero) is 1. The number of aliphatic hydroxyl groups is 1. The van der Waals surface area contributed by atoms with Crippen LogP contribution in [0.3, 0.4) is 0 Å². The van der Waals surface area contributed by atoms with Crippen LogP contribution in [0.25, 0.3) is 0 Å². The summed E-state index contributed by atoms with van der Waals surface area (Å²) in [7, 11) is 0. The number of aryl methyl sites for hydroxylation is 1. The largest absolute Gasteiger partial charge is 0.374 e. The van der Waals surface area contributed by atoms with E-state index in [4.69, 9.17) is 0 Å². The first kappa shape index (κ1) is 9.09. The van der Waals surface area contributed by atoms with E-state index < -0.39 is 11.4 Å². The highest BCUT2D eigenvalue weighted by atomic mass is 16.3. The normalized spacial score (nSPS) is 25.6. The van der Waals surface area contributed by atoms with Crippen molar-refractivity contribution in [1.82, 2.24) is 0 Å². The van der Waals surface area contributed by atoms with E-state index in [2.05, 4.69) is 0 Å². The number of fused-ring (bicyclic) bond motifs is 1. The predicted molar refractivity (Wildman–Crippen MR) is 50.1 cm³/mol. The summed E-state index contributed by atoms with van der Waals surface area (Å²) in [6, 6.07) is 7.06. The van der Waals surface area contributed by atoms with Crippen molar-refractivity contribution in [2.24, 2.45) is 0 Å². The molecule has 0 spiro atoms. The second-order valence-corrected chi connectivity index (χ2v) is 3.53. The van der Waals surface area contributed by atoms with Crippen molar-refractivity contribution in [3.05, 3.63) is 35.4 Å². The number of aldehydes is 1. The van der Waals surface area contributed by atoms with E-state index in [1.54, 1.807) is 12.1 Å². The van der Waals surface area contributed by atoms with Crippen LogP contribution in [0.2, 0.25) is 0 Å². The molecule has 1 N–H and O–H groups in total. The second-order valence-electron chi connectivity index (χ2n) is 3.53. The molecule has 1 aliphatic rings. The Morgan fingerprint density at radius 3 is 2.79 bits per heavy atom. The van der Waals surface area contributed by atoms with Crippen molar-refractivity contribution in [3.8, 4) is 0 Å². The topological polar surface area (TPSA) is 54.4 Å². The summed E-state index contributed by atoms with van der Waals surface area (Å²) in [6.07, 6.45) is 1.09. The van der Waals surface area contributed by atoms with Crippen LogP contribution in [0.15, 0.2) is 24.3 Å². The number of benzene rings is 1. The average Bonchev–Trinajstić information content (AvgIpc) is 2.24. The van der Waals surface area contributed by atoms with Gasteiger partial charge in [-0.25, -0.2) is 0 Å². The van der Waals surface area contributed by atoms with E-state index in [-0.39, 0.29) is 6.42 Å². The molecule has 3 nitrogen and oxygen atoms in total. The number of carbonyl (C=O) groups excluding carboxylic acids is 2. The predicted octanol–water partition coefficient (Wildman–Crippen LogP) is 0.746.